The molecule has 1 aromatic carbocycles. The second-order valence-electron chi connectivity index (χ2n) is 6.40. The van der Waals surface area contributed by atoms with Crippen LogP contribution in [0.1, 0.15) is 37.7 Å². The number of alkyl carbamates (subject to hydrolysis) is 1. The van der Waals surface area contributed by atoms with E-state index >= 15 is 0 Å². The summed E-state index contributed by atoms with van der Waals surface area (Å²) < 4.78 is 6.35. The minimum Gasteiger partial charge on any atom is -0.450 e. The number of nitrogens with zero attached hydrogens (tertiary/aromatic N) is 3. The smallest absolute Gasteiger partial charge is 0.407 e. The number of carbonyl (C=O) groups is 2. The van der Waals surface area contributed by atoms with Gasteiger partial charge < -0.3 is 15.4 Å². The summed E-state index contributed by atoms with van der Waals surface area (Å²) in [4.78, 5) is 24.0. The number of nitrogens with one attached hydrogen (secondary N) is 2. The first-order chi connectivity index (χ1) is 12.9. The zero-order chi connectivity index (χ0) is 19.8. The predicted molar refractivity (Wildman–Crippen MR) is 102 cm³/mol. The van der Waals surface area contributed by atoms with Gasteiger partial charge in [-0.3, -0.25) is 4.79 Å². The average molecular weight is 394 g/mol. The van der Waals surface area contributed by atoms with E-state index in [1.165, 1.54) is 10.9 Å². The SMILES string of the molecule is CCOC(=O)NC(CNC(=O)c1cn(-c2ccccc2Cl)nn1)CC(C)C. The van der Waals surface area contributed by atoms with Crippen LogP contribution in [0, 0.1) is 5.92 Å². The van der Waals surface area contributed by atoms with Gasteiger partial charge in [0.05, 0.1) is 23.5 Å². The summed E-state index contributed by atoms with van der Waals surface area (Å²) in [5, 5.41) is 13.9. The number of hydrogen-bond donors (Lipinski definition) is 2. The number of carbonyl (C=O) groups excluding carboxylic acids is 2. The molecule has 1 atom stereocenters. The minimum atomic E-state index is -0.498. The van der Waals surface area contributed by atoms with Gasteiger partial charge in [0.15, 0.2) is 5.69 Å². The van der Waals surface area contributed by atoms with Crippen LogP contribution in [-0.2, 0) is 4.74 Å². The summed E-state index contributed by atoms with van der Waals surface area (Å²) in [7, 11) is 0. The molecule has 1 heterocycles. The van der Waals surface area contributed by atoms with Crippen LogP contribution in [0.2, 0.25) is 5.02 Å². The molecule has 9 heteroatoms. The molecule has 0 saturated carbocycles. The van der Waals surface area contributed by atoms with Crippen molar-refractivity contribution in [3.63, 3.8) is 0 Å². The monoisotopic (exact) mass is 393 g/mol. The largest absolute Gasteiger partial charge is 0.450 e. The molecule has 0 fully saturated rings. The summed E-state index contributed by atoms with van der Waals surface area (Å²) in [5.74, 6) is -0.0392. The highest BCUT2D eigenvalue weighted by molar-refractivity contribution is 6.32. The second-order valence-corrected chi connectivity index (χ2v) is 6.81. The minimum absolute atomic E-state index is 0.161. The fourth-order valence-corrected chi connectivity index (χ4v) is 2.75. The Hall–Kier alpha value is -2.61. The fourth-order valence-electron chi connectivity index (χ4n) is 2.53. The van der Waals surface area contributed by atoms with Gasteiger partial charge in [0, 0.05) is 12.6 Å². The number of ether oxygens (including phenoxy) is 1. The molecule has 0 aliphatic heterocycles. The lowest BCUT2D eigenvalue weighted by Crippen LogP contribution is -2.44. The van der Waals surface area contributed by atoms with Crippen molar-refractivity contribution < 1.29 is 14.3 Å². The van der Waals surface area contributed by atoms with Crippen molar-refractivity contribution >= 4 is 23.6 Å². The second kappa shape index (κ2) is 9.91. The summed E-state index contributed by atoms with van der Waals surface area (Å²) in [5.41, 5.74) is 0.793. The van der Waals surface area contributed by atoms with Crippen molar-refractivity contribution in [2.45, 2.75) is 33.2 Å². The highest BCUT2D eigenvalue weighted by atomic mass is 35.5. The molecule has 1 aromatic heterocycles. The molecule has 1 unspecified atom stereocenters. The molecule has 0 spiro atoms. The van der Waals surface area contributed by atoms with Crippen LogP contribution in [0.5, 0.6) is 0 Å². The molecule has 0 aliphatic carbocycles. The molecule has 0 radical (unpaired) electrons. The summed E-state index contributed by atoms with van der Waals surface area (Å²) in [6.45, 7) is 6.36. The highest BCUT2D eigenvalue weighted by Gasteiger charge is 2.18. The lowest BCUT2D eigenvalue weighted by Gasteiger charge is -2.20. The van der Waals surface area contributed by atoms with Crippen molar-refractivity contribution in [1.82, 2.24) is 25.6 Å². The van der Waals surface area contributed by atoms with Crippen LogP contribution in [0.25, 0.3) is 5.69 Å². The molecule has 2 rings (SSSR count). The summed E-state index contributed by atoms with van der Waals surface area (Å²) in [6, 6.07) is 6.89. The number of hydrogen-bond acceptors (Lipinski definition) is 5. The van der Waals surface area contributed by atoms with Gasteiger partial charge in [-0.1, -0.05) is 42.8 Å². The van der Waals surface area contributed by atoms with Gasteiger partial charge in [0.25, 0.3) is 5.91 Å². The van der Waals surface area contributed by atoms with Gasteiger partial charge in [0.1, 0.15) is 0 Å². The molecule has 2 N–H and O–H groups in total. The normalized spacial score (nSPS) is 11.9. The molecule has 0 bridgehead atoms. The van der Waals surface area contributed by atoms with E-state index in [2.05, 4.69) is 20.9 Å². The zero-order valence-corrected chi connectivity index (χ0v) is 16.4. The van der Waals surface area contributed by atoms with Crippen LogP contribution in [-0.4, -0.2) is 46.2 Å². The van der Waals surface area contributed by atoms with Gasteiger partial charge in [0.2, 0.25) is 0 Å². The van der Waals surface area contributed by atoms with Crippen LogP contribution in [0.4, 0.5) is 4.79 Å². The molecular weight excluding hydrogens is 370 g/mol. The van der Waals surface area contributed by atoms with Gasteiger partial charge in [-0.05, 0) is 31.4 Å². The van der Waals surface area contributed by atoms with E-state index in [0.29, 0.717) is 23.0 Å². The quantitative estimate of drug-likeness (QED) is 0.718. The van der Waals surface area contributed by atoms with Crippen molar-refractivity contribution in [3.8, 4) is 5.69 Å². The molecule has 2 aromatic rings. The maximum atomic E-state index is 12.4. The van der Waals surface area contributed by atoms with E-state index in [9.17, 15) is 9.59 Å². The molecule has 0 saturated heterocycles. The highest BCUT2D eigenvalue weighted by Crippen LogP contribution is 2.18. The van der Waals surface area contributed by atoms with E-state index in [4.69, 9.17) is 16.3 Å². The number of benzene rings is 1. The van der Waals surface area contributed by atoms with Crippen molar-refractivity contribution in [2.24, 2.45) is 5.92 Å². The van der Waals surface area contributed by atoms with Crippen LogP contribution < -0.4 is 10.6 Å². The Labute approximate surface area is 163 Å². The van der Waals surface area contributed by atoms with E-state index in [1.807, 2.05) is 26.0 Å². The third-order valence-corrected chi connectivity index (χ3v) is 4.01. The fraction of sp³-hybridized carbons (Fsp3) is 0.444. The number of para-hydroxylation sites is 1. The lowest BCUT2D eigenvalue weighted by molar-refractivity contribution is 0.0939. The van der Waals surface area contributed by atoms with Gasteiger partial charge in [-0.15, -0.1) is 5.10 Å². The third kappa shape index (κ3) is 6.25. The molecule has 8 nitrogen and oxygen atoms in total. The number of rotatable bonds is 8. The first-order valence-corrected chi connectivity index (χ1v) is 9.17. The Morgan fingerprint density at radius 2 is 2.04 bits per heavy atom. The molecular formula is C18H24ClN5O3. The Morgan fingerprint density at radius 3 is 2.70 bits per heavy atom. The number of amides is 2. The first-order valence-electron chi connectivity index (χ1n) is 8.79. The lowest BCUT2D eigenvalue weighted by atomic mass is 10.0. The van der Waals surface area contributed by atoms with E-state index in [1.54, 1.807) is 19.1 Å². The standard InChI is InChI=1S/C18H24ClN5O3/c1-4-27-18(26)21-13(9-12(2)3)10-20-17(25)15-11-24(23-22-15)16-8-6-5-7-14(16)19/h5-8,11-13H,4,9-10H2,1-3H3,(H,20,25)(H,21,26). The van der Waals surface area contributed by atoms with Crippen molar-refractivity contribution in [3.05, 3.63) is 41.2 Å². The van der Waals surface area contributed by atoms with Gasteiger partial charge in [-0.2, -0.15) is 0 Å². The maximum absolute atomic E-state index is 12.4. The number of halogens is 1. The molecule has 27 heavy (non-hydrogen) atoms. The van der Waals surface area contributed by atoms with Crippen LogP contribution in [0.15, 0.2) is 30.5 Å². The van der Waals surface area contributed by atoms with E-state index in [0.717, 1.165) is 0 Å². The Balaban J connectivity index is 1.99. The Morgan fingerprint density at radius 1 is 1.30 bits per heavy atom. The molecule has 146 valence electrons. The first kappa shape index (κ1) is 20.7. The van der Waals surface area contributed by atoms with Crippen molar-refractivity contribution in [1.29, 1.82) is 0 Å². The molecule has 2 amide bonds. The van der Waals surface area contributed by atoms with Gasteiger partial charge >= 0.3 is 6.09 Å². The third-order valence-electron chi connectivity index (χ3n) is 3.69. The summed E-state index contributed by atoms with van der Waals surface area (Å²) in [6.07, 6.45) is 1.71. The van der Waals surface area contributed by atoms with Crippen LogP contribution in [0.3, 0.4) is 0 Å². The predicted octanol–water partition coefficient (Wildman–Crippen LogP) is 2.81. The number of aromatic nitrogens is 3. The topological polar surface area (TPSA) is 98.1 Å². The Bertz CT molecular complexity index is 778. The Kier molecular flexibility index (Phi) is 7.60. The average Bonchev–Trinajstić information content (AvgIpc) is 3.09. The van der Waals surface area contributed by atoms with Crippen LogP contribution >= 0.6 is 11.6 Å². The van der Waals surface area contributed by atoms with Crippen molar-refractivity contribution in [2.75, 3.05) is 13.2 Å². The maximum Gasteiger partial charge on any atom is 0.407 e. The van der Waals surface area contributed by atoms with E-state index in [-0.39, 0.29) is 30.8 Å². The van der Waals surface area contributed by atoms with E-state index < -0.39 is 6.09 Å². The summed E-state index contributed by atoms with van der Waals surface area (Å²) >= 11 is 6.13. The molecule has 0 aliphatic rings. The zero-order valence-electron chi connectivity index (χ0n) is 15.6. The van der Waals surface area contributed by atoms with Gasteiger partial charge in [-0.25, -0.2) is 9.48 Å².